The first-order valence-corrected chi connectivity index (χ1v) is 32.0. The molecule has 0 saturated heterocycles. The number of hydrogen-bond acceptors (Lipinski definition) is 8. The van der Waals surface area contributed by atoms with Crippen LogP contribution in [0.2, 0.25) is 0 Å². The predicted octanol–water partition coefficient (Wildman–Crippen LogP) is 15.4. The normalized spacial score (nSPS) is 19.4. The molecule has 6 aromatic rings. The van der Waals surface area contributed by atoms with Crippen molar-refractivity contribution in [3.63, 3.8) is 0 Å². The second-order valence-electron chi connectivity index (χ2n) is 25.9. The molecule has 0 radical (unpaired) electrons. The lowest BCUT2D eigenvalue weighted by Crippen LogP contribution is -2.54. The highest BCUT2D eigenvalue weighted by atomic mass is 19.4. The Balaban J connectivity index is 0.000000218. The number of carbonyl (C=O) groups excluding carboxylic acids is 5. The lowest BCUT2D eigenvalue weighted by Gasteiger charge is -2.43. The molecule has 19 heteroatoms. The third-order valence-electron chi connectivity index (χ3n) is 18.0. The van der Waals surface area contributed by atoms with E-state index in [-0.39, 0.29) is 91.3 Å². The molecule has 0 bridgehead atoms. The fourth-order valence-electron chi connectivity index (χ4n) is 13.7. The number of rotatable bonds is 16. The van der Waals surface area contributed by atoms with Gasteiger partial charge in [0.15, 0.2) is 11.2 Å². The first kappa shape index (κ1) is 68.2. The number of halogens is 6. The SMILES string of the molecule is CC(C)N(C(=O)c1cc2c(cc1C(F)(F)F)OC(C)(C)C(=O)N2CCN)[C@H]1CCCC[C@@H]1c1cccc(-c2ccccc2)c1.CCC(=O)NCCN1C(=O)C(C)(C)Oc2cc(C(F)(F)F)c(C(=O)N(C(C)C)[C@H]3CCCC[C@@H]3c3cccc(-c4ccccc4)c3)cc21. The van der Waals surface area contributed by atoms with Gasteiger partial charge in [0, 0.05) is 68.6 Å². The summed E-state index contributed by atoms with van der Waals surface area (Å²) in [6.07, 6.45) is -2.89. The van der Waals surface area contributed by atoms with Gasteiger partial charge >= 0.3 is 12.4 Å². The van der Waals surface area contributed by atoms with Crippen molar-refractivity contribution in [2.24, 2.45) is 5.73 Å². The Morgan fingerprint density at radius 2 is 0.935 bits per heavy atom. The Morgan fingerprint density at radius 1 is 0.554 bits per heavy atom. The van der Waals surface area contributed by atoms with Crippen molar-refractivity contribution < 1.29 is 59.8 Å². The summed E-state index contributed by atoms with van der Waals surface area (Å²) in [6.45, 7) is 15.3. The fourth-order valence-corrected chi connectivity index (χ4v) is 13.7. The average Bonchev–Trinajstić information content (AvgIpc) is 0.755. The minimum Gasteiger partial charge on any atom is -0.476 e. The molecule has 4 atom stereocenters. The molecule has 5 amide bonds. The number of anilines is 2. The average molecular weight is 1270 g/mol. The number of nitrogens with zero attached hydrogens (tertiary/aromatic N) is 4. The van der Waals surface area contributed by atoms with Gasteiger partial charge in [0.25, 0.3) is 23.6 Å². The molecule has 0 spiro atoms. The van der Waals surface area contributed by atoms with Crippen LogP contribution in [0.3, 0.4) is 0 Å². The van der Waals surface area contributed by atoms with Crippen LogP contribution in [-0.4, -0.2) is 101 Å². The minimum atomic E-state index is -4.87. The first-order chi connectivity index (χ1) is 43.6. The summed E-state index contributed by atoms with van der Waals surface area (Å²) in [6, 6.07) is 39.0. The molecule has 2 heterocycles. The van der Waals surface area contributed by atoms with E-state index in [1.807, 2.05) is 125 Å². The summed E-state index contributed by atoms with van der Waals surface area (Å²) in [5, 5.41) is 2.71. The Kier molecular flexibility index (Phi) is 20.7. The maximum Gasteiger partial charge on any atom is 0.417 e. The molecule has 4 aliphatic rings. The number of ether oxygens (including phenoxy) is 2. The van der Waals surface area contributed by atoms with E-state index in [1.165, 1.54) is 43.6 Å². The van der Waals surface area contributed by atoms with Gasteiger partial charge < -0.3 is 40.1 Å². The molecule has 92 heavy (non-hydrogen) atoms. The second kappa shape index (κ2) is 28.0. The van der Waals surface area contributed by atoms with E-state index in [0.717, 1.165) is 90.1 Å². The van der Waals surface area contributed by atoms with Crippen LogP contribution in [0.5, 0.6) is 11.5 Å². The van der Waals surface area contributed by atoms with E-state index in [0.29, 0.717) is 12.8 Å². The summed E-state index contributed by atoms with van der Waals surface area (Å²) >= 11 is 0. The predicted molar refractivity (Wildman–Crippen MR) is 346 cm³/mol. The summed E-state index contributed by atoms with van der Waals surface area (Å²) in [4.78, 5) is 73.5. The van der Waals surface area contributed by atoms with Gasteiger partial charge in [0.05, 0.1) is 33.6 Å². The van der Waals surface area contributed by atoms with E-state index in [9.17, 15) is 50.3 Å². The van der Waals surface area contributed by atoms with Crippen LogP contribution < -0.4 is 30.3 Å². The summed E-state index contributed by atoms with van der Waals surface area (Å²) in [5.41, 5.74) is 6.24. The van der Waals surface area contributed by atoms with Crippen LogP contribution in [0, 0.1) is 0 Å². The standard InChI is InChI=1S/C38H44F3N3O4.C35H40F3N3O3/c1-6-34(45)42-19-20-43-32-22-29(30(38(39,40)41)23-33(32)48-37(4,5)36(43)47)35(46)44(24(2)3)31-18-11-10-17-28(31)27-16-12-15-26(21-27)25-13-8-7-9-14-25;1-22(2)41(29-16-9-8-15-26(29)25-14-10-13-24(19-25)23-11-6-5-7-12-23)32(42)27-20-30-31(21-28(27)35(36,37)38)44-34(3,4)33(43)40(30)18-17-39/h7-9,12-16,21-24,28,31H,6,10-11,17-20H2,1-5H3,(H,42,45);5-7,10-14,19-22,26,29H,8-9,15-18,39H2,1-4H3/t28-,31+;26-,29+/m11/s1. The van der Waals surface area contributed by atoms with E-state index in [4.69, 9.17) is 15.2 Å². The number of nitrogens with one attached hydrogen (secondary N) is 1. The Labute approximate surface area is 535 Å². The number of benzene rings is 6. The fraction of sp³-hybridized carbons (Fsp3) is 0.438. The number of alkyl halides is 6. The van der Waals surface area contributed by atoms with E-state index in [1.54, 1.807) is 16.7 Å². The van der Waals surface area contributed by atoms with Gasteiger partial charge in [-0.05, 0) is 139 Å². The monoisotopic (exact) mass is 1270 g/mol. The van der Waals surface area contributed by atoms with Gasteiger partial charge in [0.2, 0.25) is 5.91 Å². The molecule has 10 rings (SSSR count). The molecule has 0 aromatic heterocycles. The van der Waals surface area contributed by atoms with Crippen molar-refractivity contribution in [1.29, 1.82) is 0 Å². The van der Waals surface area contributed by atoms with E-state index >= 15 is 0 Å². The molecule has 6 aromatic carbocycles. The van der Waals surface area contributed by atoms with Gasteiger partial charge in [-0.2, -0.15) is 26.3 Å². The number of amides is 5. The first-order valence-electron chi connectivity index (χ1n) is 32.0. The molecule has 3 N–H and O–H groups in total. The quantitative estimate of drug-likeness (QED) is 0.0908. The van der Waals surface area contributed by atoms with Crippen molar-refractivity contribution in [3.8, 4) is 33.8 Å². The summed E-state index contributed by atoms with van der Waals surface area (Å²) in [7, 11) is 0. The molecule has 490 valence electrons. The zero-order valence-electron chi connectivity index (χ0n) is 53.8. The van der Waals surface area contributed by atoms with Crippen LogP contribution in [0.15, 0.2) is 133 Å². The van der Waals surface area contributed by atoms with Gasteiger partial charge in [-0.25, -0.2) is 0 Å². The summed E-state index contributed by atoms with van der Waals surface area (Å²) < 4.78 is 99.8. The van der Waals surface area contributed by atoms with Gasteiger partial charge in [-0.1, -0.05) is 142 Å². The second-order valence-corrected chi connectivity index (χ2v) is 25.9. The zero-order chi connectivity index (χ0) is 66.6. The van der Waals surface area contributed by atoms with Gasteiger partial charge in [-0.3, -0.25) is 24.0 Å². The highest BCUT2D eigenvalue weighted by Gasteiger charge is 2.48. The third kappa shape index (κ3) is 14.7. The summed E-state index contributed by atoms with van der Waals surface area (Å²) in [5.74, 6) is -2.96. The Bertz CT molecular complexity index is 3650. The van der Waals surface area contributed by atoms with Crippen molar-refractivity contribution in [2.45, 2.75) is 180 Å². The zero-order valence-corrected chi connectivity index (χ0v) is 53.8. The number of hydrogen-bond donors (Lipinski definition) is 2. The van der Waals surface area contributed by atoms with Crippen molar-refractivity contribution >= 4 is 40.9 Å². The lowest BCUT2D eigenvalue weighted by atomic mass is 9.78. The van der Waals surface area contributed by atoms with E-state index in [2.05, 4.69) is 17.4 Å². The molecular formula is C73H84F6N6O7. The maximum atomic E-state index is 14.8. The molecular weight excluding hydrogens is 1190 g/mol. The molecule has 2 aliphatic carbocycles. The van der Waals surface area contributed by atoms with Crippen molar-refractivity contribution in [3.05, 3.63) is 167 Å². The lowest BCUT2D eigenvalue weighted by molar-refractivity contribution is -0.139. The Morgan fingerprint density at radius 3 is 1.30 bits per heavy atom. The smallest absolute Gasteiger partial charge is 0.417 e. The largest absolute Gasteiger partial charge is 0.476 e. The van der Waals surface area contributed by atoms with Crippen LogP contribution in [0.4, 0.5) is 37.7 Å². The van der Waals surface area contributed by atoms with Crippen molar-refractivity contribution in [1.82, 2.24) is 15.1 Å². The molecule has 2 fully saturated rings. The maximum absolute atomic E-state index is 14.8. The van der Waals surface area contributed by atoms with Crippen LogP contribution in [0.25, 0.3) is 22.3 Å². The minimum absolute atomic E-state index is 0.000291. The molecule has 0 unspecified atom stereocenters. The number of carbonyl (C=O) groups is 5. The molecule has 13 nitrogen and oxygen atoms in total. The third-order valence-corrected chi connectivity index (χ3v) is 18.0. The van der Waals surface area contributed by atoms with E-state index < -0.39 is 75.5 Å². The highest BCUT2D eigenvalue weighted by molar-refractivity contribution is 6.06. The van der Waals surface area contributed by atoms with Crippen LogP contribution in [0.1, 0.15) is 175 Å². The number of fused-ring (bicyclic) bond motifs is 2. The topological polar surface area (TPSA) is 155 Å². The number of nitrogens with two attached hydrogens (primary N) is 1. The van der Waals surface area contributed by atoms with Gasteiger partial charge in [-0.15, -0.1) is 0 Å². The molecule has 2 aliphatic heterocycles. The van der Waals surface area contributed by atoms with Crippen LogP contribution in [-0.2, 0) is 26.7 Å². The van der Waals surface area contributed by atoms with Gasteiger partial charge in [0.1, 0.15) is 11.5 Å². The Hall–Kier alpha value is -8.19. The highest BCUT2D eigenvalue weighted by Crippen LogP contribution is 2.49. The van der Waals surface area contributed by atoms with Crippen molar-refractivity contribution in [2.75, 3.05) is 36.0 Å². The molecule has 2 saturated carbocycles. The van der Waals surface area contributed by atoms with Crippen LogP contribution >= 0.6 is 0 Å².